The molecule has 2 aliphatic heterocycles. The number of aromatic nitrogens is 1. The normalized spacial score (nSPS) is 18.7. The molecule has 3 aromatic rings. The molecule has 0 bridgehead atoms. The molecule has 9 heteroatoms. The highest BCUT2D eigenvalue weighted by molar-refractivity contribution is 6.34. The van der Waals surface area contributed by atoms with Crippen LogP contribution in [0.2, 0.25) is 5.02 Å². The van der Waals surface area contributed by atoms with Crippen molar-refractivity contribution in [3.63, 3.8) is 0 Å². The van der Waals surface area contributed by atoms with Crippen LogP contribution in [0.25, 0.3) is 22.3 Å². The summed E-state index contributed by atoms with van der Waals surface area (Å²) in [5.74, 6) is 0.899. The fourth-order valence-electron chi connectivity index (χ4n) is 4.70. The molecule has 2 N–H and O–H groups in total. The third kappa shape index (κ3) is 4.62. The number of halogens is 2. The van der Waals surface area contributed by atoms with Gasteiger partial charge in [-0.05, 0) is 47.5 Å². The number of pyridine rings is 1. The molecule has 36 heavy (non-hydrogen) atoms. The molecule has 1 amide bonds. The average molecular weight is 508 g/mol. The Hall–Kier alpha value is -3.62. The number of rotatable bonds is 7. The Balaban J connectivity index is 1.48. The zero-order valence-electron chi connectivity index (χ0n) is 20.0. The van der Waals surface area contributed by atoms with E-state index in [1.807, 2.05) is 20.2 Å². The van der Waals surface area contributed by atoms with Gasteiger partial charge in [0.2, 0.25) is 6.41 Å². The van der Waals surface area contributed by atoms with E-state index in [-0.39, 0.29) is 10.8 Å². The van der Waals surface area contributed by atoms with E-state index in [0.29, 0.717) is 46.3 Å². The maximum atomic E-state index is 14.8. The number of amides is 1. The van der Waals surface area contributed by atoms with Crippen molar-refractivity contribution in [2.75, 3.05) is 43.5 Å². The minimum Gasteiger partial charge on any atom is -0.507 e. The second kappa shape index (κ2) is 9.79. The second-order valence-electron chi connectivity index (χ2n) is 9.37. The van der Waals surface area contributed by atoms with Gasteiger partial charge in [0.05, 0.1) is 10.7 Å². The molecule has 186 valence electrons. The van der Waals surface area contributed by atoms with Crippen LogP contribution in [-0.2, 0) is 4.79 Å². The number of carbonyl (C=O) groups excluding carboxylic acids is 1. The van der Waals surface area contributed by atoms with Crippen LogP contribution in [0.5, 0.6) is 5.75 Å². The first-order chi connectivity index (χ1) is 17.3. The predicted molar refractivity (Wildman–Crippen MR) is 141 cm³/mol. The Bertz CT molecular complexity index is 1320. The van der Waals surface area contributed by atoms with Crippen molar-refractivity contribution in [2.45, 2.75) is 6.04 Å². The summed E-state index contributed by atoms with van der Waals surface area (Å²) in [6.45, 7) is 2.83. The van der Waals surface area contributed by atoms with Gasteiger partial charge < -0.3 is 20.2 Å². The van der Waals surface area contributed by atoms with Gasteiger partial charge in [0, 0.05) is 75.4 Å². The molecule has 5 rings (SSSR count). The number of benzene rings is 2. The van der Waals surface area contributed by atoms with Crippen LogP contribution in [0.3, 0.4) is 0 Å². The molecule has 1 aromatic heterocycles. The van der Waals surface area contributed by atoms with Crippen molar-refractivity contribution < 1.29 is 14.3 Å². The van der Waals surface area contributed by atoms with Gasteiger partial charge in [-0.15, -0.1) is 0 Å². The van der Waals surface area contributed by atoms with Gasteiger partial charge in [-0.25, -0.2) is 9.37 Å². The number of hydrogen-bond acceptors (Lipinski definition) is 6. The number of nitrogens with zero attached hydrogens (tertiary/aromatic N) is 4. The summed E-state index contributed by atoms with van der Waals surface area (Å²) in [5.41, 5.74) is 2.35. The lowest BCUT2D eigenvalue weighted by molar-refractivity contribution is -0.106. The summed E-state index contributed by atoms with van der Waals surface area (Å²) in [5, 5.41) is 14.9. The minimum absolute atomic E-state index is 0.0553. The van der Waals surface area contributed by atoms with Crippen molar-refractivity contribution in [3.8, 4) is 28.0 Å². The minimum atomic E-state index is -0.483. The summed E-state index contributed by atoms with van der Waals surface area (Å²) < 4.78 is 14.8. The Morgan fingerprint density at radius 2 is 1.86 bits per heavy atom. The number of phenols is 1. The van der Waals surface area contributed by atoms with Crippen LogP contribution in [-0.4, -0.2) is 61.2 Å². The predicted octanol–water partition coefficient (Wildman–Crippen LogP) is 4.32. The summed E-state index contributed by atoms with van der Waals surface area (Å²) in [7, 11) is 3.68. The van der Waals surface area contributed by atoms with Crippen LogP contribution in [0.15, 0.2) is 61.1 Å². The molecule has 2 aromatic carbocycles. The van der Waals surface area contributed by atoms with Crippen LogP contribution >= 0.6 is 11.6 Å². The van der Waals surface area contributed by atoms with E-state index in [1.54, 1.807) is 47.8 Å². The lowest BCUT2D eigenvalue weighted by Crippen LogP contribution is -2.51. The molecular weight excluding hydrogens is 481 g/mol. The first-order valence-electron chi connectivity index (χ1n) is 11.7. The molecule has 2 aliphatic rings. The highest BCUT2D eigenvalue weighted by Crippen LogP contribution is 2.41. The molecule has 2 saturated heterocycles. The fraction of sp³-hybridized carbons (Fsp3) is 0.259. The summed E-state index contributed by atoms with van der Waals surface area (Å²) in [6.07, 6.45) is 5.65. The number of hydrogen-bond donors (Lipinski definition) is 2. The maximum absolute atomic E-state index is 14.8. The SMILES string of the molecule is CN(C)/C=C\N(C=O)c1ccc(-c2cc(F)cc(-c3ccnc(N4CC5CNC5C4)c3)c2O)cc1Cl. The van der Waals surface area contributed by atoms with E-state index in [1.165, 1.54) is 17.0 Å². The number of anilines is 2. The average Bonchev–Trinajstić information content (AvgIpc) is 3.15. The number of fused-ring (bicyclic) bond motifs is 1. The Labute approximate surface area is 214 Å². The van der Waals surface area contributed by atoms with Crippen molar-refractivity contribution >= 4 is 29.5 Å². The molecule has 0 saturated carbocycles. The van der Waals surface area contributed by atoms with Crippen molar-refractivity contribution in [2.24, 2.45) is 5.92 Å². The van der Waals surface area contributed by atoms with E-state index in [9.17, 15) is 14.3 Å². The standard InChI is InChI=1S/C27H27ClFN5O2/c1-32(2)7-8-33(16-35)25-4-3-17(9-23(25)28)21-11-20(29)12-22(27(21)36)18-5-6-30-26(10-18)34-14-19-13-31-24(19)15-34/h3-12,16,19,24,31,36H,13-15H2,1-2H3/b8-7-. The monoisotopic (exact) mass is 507 g/mol. The molecule has 2 atom stereocenters. The first kappa shape index (κ1) is 24.1. The van der Waals surface area contributed by atoms with Gasteiger partial charge in [-0.1, -0.05) is 17.7 Å². The topological polar surface area (TPSA) is 71.9 Å². The van der Waals surface area contributed by atoms with Crippen molar-refractivity contribution in [3.05, 3.63) is 71.9 Å². The number of nitrogens with one attached hydrogen (secondary N) is 1. The third-order valence-corrected chi connectivity index (χ3v) is 7.02. The molecule has 2 fully saturated rings. The number of aromatic hydroxyl groups is 1. The molecule has 3 heterocycles. The summed E-state index contributed by atoms with van der Waals surface area (Å²) in [4.78, 5) is 21.5. The fourth-order valence-corrected chi connectivity index (χ4v) is 4.98. The van der Waals surface area contributed by atoms with Gasteiger partial charge in [0.1, 0.15) is 17.4 Å². The lowest BCUT2D eigenvalue weighted by Gasteiger charge is -2.29. The Morgan fingerprint density at radius 3 is 2.44 bits per heavy atom. The first-order valence-corrected chi connectivity index (χ1v) is 12.1. The van der Waals surface area contributed by atoms with E-state index in [4.69, 9.17) is 11.6 Å². The smallest absolute Gasteiger partial charge is 0.218 e. The number of phenolic OH excluding ortho intramolecular Hbond substituents is 1. The molecule has 0 radical (unpaired) electrons. The van der Waals surface area contributed by atoms with Crippen LogP contribution in [0.4, 0.5) is 15.9 Å². The van der Waals surface area contributed by atoms with Gasteiger partial charge in [-0.2, -0.15) is 0 Å². The van der Waals surface area contributed by atoms with Crippen LogP contribution < -0.4 is 15.1 Å². The van der Waals surface area contributed by atoms with Crippen molar-refractivity contribution in [1.82, 2.24) is 15.2 Å². The summed E-state index contributed by atoms with van der Waals surface area (Å²) in [6, 6.07) is 11.7. The highest BCUT2D eigenvalue weighted by atomic mass is 35.5. The second-order valence-corrected chi connectivity index (χ2v) is 9.78. The van der Waals surface area contributed by atoms with Gasteiger partial charge >= 0.3 is 0 Å². The van der Waals surface area contributed by atoms with Gasteiger partial charge in [0.25, 0.3) is 0 Å². The molecule has 2 unspecified atom stereocenters. The quantitative estimate of drug-likeness (QED) is 0.464. The molecular formula is C27H27ClFN5O2. The number of carbonyl (C=O) groups is 1. The molecule has 0 aliphatic carbocycles. The Kier molecular flexibility index (Phi) is 6.55. The lowest BCUT2D eigenvalue weighted by atomic mass is 9.96. The van der Waals surface area contributed by atoms with E-state index < -0.39 is 5.82 Å². The van der Waals surface area contributed by atoms with Crippen LogP contribution in [0.1, 0.15) is 0 Å². The Morgan fingerprint density at radius 1 is 1.11 bits per heavy atom. The third-order valence-electron chi connectivity index (χ3n) is 6.71. The van der Waals surface area contributed by atoms with E-state index in [0.717, 1.165) is 25.5 Å². The van der Waals surface area contributed by atoms with Crippen LogP contribution in [0, 0.1) is 11.7 Å². The van der Waals surface area contributed by atoms with Gasteiger partial charge in [0.15, 0.2) is 0 Å². The highest BCUT2D eigenvalue weighted by Gasteiger charge is 2.39. The van der Waals surface area contributed by atoms with E-state index >= 15 is 0 Å². The van der Waals surface area contributed by atoms with E-state index in [2.05, 4.69) is 15.2 Å². The van der Waals surface area contributed by atoms with Crippen molar-refractivity contribution in [1.29, 1.82) is 0 Å². The van der Waals surface area contributed by atoms with Gasteiger partial charge in [-0.3, -0.25) is 9.69 Å². The summed E-state index contributed by atoms with van der Waals surface area (Å²) >= 11 is 6.50. The largest absolute Gasteiger partial charge is 0.507 e. The molecule has 0 spiro atoms. The zero-order valence-corrected chi connectivity index (χ0v) is 20.8. The zero-order chi connectivity index (χ0) is 25.4. The molecule has 7 nitrogen and oxygen atoms in total. The maximum Gasteiger partial charge on any atom is 0.218 e.